The highest BCUT2D eigenvalue weighted by Gasteiger charge is 2.45. The molecule has 0 rings (SSSR count). The van der Waals surface area contributed by atoms with Gasteiger partial charge in [0.25, 0.3) is 0 Å². The normalized spacial score (nSPS) is 13.6. The molecule has 0 aliphatic rings. The van der Waals surface area contributed by atoms with E-state index in [0.29, 0.717) is 56.3 Å². The van der Waals surface area contributed by atoms with Gasteiger partial charge in [-0.15, -0.1) is 0 Å². The molecule has 0 spiro atoms. The number of esters is 2. The Balaban J connectivity index is 5.29. The minimum Gasteiger partial charge on any atom is -0.462 e. The summed E-state index contributed by atoms with van der Waals surface area (Å²) in [5.74, 6) is -0.774. The number of rotatable bonds is 23. The van der Waals surface area contributed by atoms with Gasteiger partial charge in [0.15, 0.2) is 16.6 Å². The molecular weight excluding hydrogens is 613 g/mol. The monoisotopic (exact) mass is 666 g/mol. The van der Waals surface area contributed by atoms with E-state index in [0.717, 1.165) is 12.1 Å². The van der Waals surface area contributed by atoms with Crippen LogP contribution in [0.1, 0.15) is 33.1 Å². The summed E-state index contributed by atoms with van der Waals surface area (Å²) in [6.45, 7) is 26.4. The summed E-state index contributed by atoms with van der Waals surface area (Å²) in [6, 6.07) is 2.27. The summed E-state index contributed by atoms with van der Waals surface area (Å²) in [5, 5.41) is 8.59. The van der Waals surface area contributed by atoms with Crippen molar-refractivity contribution in [2.45, 2.75) is 97.1 Å². The van der Waals surface area contributed by atoms with Gasteiger partial charge in [-0.1, -0.05) is 13.2 Å². The lowest BCUT2D eigenvalue weighted by atomic mass is 10.4. The van der Waals surface area contributed by atoms with Crippen LogP contribution in [0.5, 0.6) is 0 Å². The largest absolute Gasteiger partial charge is 0.505 e. The topological polar surface area (TPSA) is 136 Å². The van der Waals surface area contributed by atoms with Crippen molar-refractivity contribution in [2.24, 2.45) is 0 Å². The number of carbonyl (C=O) groups is 3. The average Bonchev–Trinajstić information content (AvgIpc) is 2.81. The van der Waals surface area contributed by atoms with Gasteiger partial charge in [-0.3, -0.25) is 0 Å². The summed E-state index contributed by atoms with van der Waals surface area (Å²) in [4.78, 5) is 33.9. The van der Waals surface area contributed by atoms with Crippen LogP contribution < -0.4 is 0 Å². The van der Waals surface area contributed by atoms with Crippen LogP contribution in [0.15, 0.2) is 24.3 Å². The van der Waals surface area contributed by atoms with E-state index in [9.17, 15) is 14.4 Å². The van der Waals surface area contributed by atoms with Gasteiger partial charge in [-0.05, 0) is 97.1 Å². The van der Waals surface area contributed by atoms with Crippen molar-refractivity contribution in [1.82, 2.24) is 0 Å². The fraction of sp³-hybridized carbons (Fsp3) is 0.741. The lowest BCUT2D eigenvalue weighted by Crippen LogP contribution is -2.57. The van der Waals surface area contributed by atoms with Crippen LogP contribution in [-0.2, 0) is 40.9 Å². The van der Waals surface area contributed by atoms with Crippen LogP contribution >= 0.6 is 0 Å². The van der Waals surface area contributed by atoms with Crippen LogP contribution in [0.25, 0.3) is 0 Å². The second kappa shape index (κ2) is 18.9. The zero-order chi connectivity index (χ0) is 32.6. The average molecular weight is 667 g/mol. The molecule has 42 heavy (non-hydrogen) atoms. The summed E-state index contributed by atoms with van der Waals surface area (Å²) in [6.07, 6.45) is 0.735. The fourth-order valence-corrected chi connectivity index (χ4v) is 24.0. The molecule has 11 nitrogen and oxygen atoms in total. The van der Waals surface area contributed by atoms with E-state index in [1.165, 1.54) is 0 Å². The lowest BCUT2D eigenvalue weighted by Gasteiger charge is -2.42. The molecule has 1 atom stereocenters. The van der Waals surface area contributed by atoms with Crippen LogP contribution in [0.2, 0.25) is 64.0 Å². The number of hydrogen-bond donors (Lipinski definition) is 1. The van der Waals surface area contributed by atoms with E-state index in [1.54, 1.807) is 13.8 Å². The van der Waals surface area contributed by atoms with Crippen molar-refractivity contribution >= 4 is 51.9 Å². The Morgan fingerprint density at radius 2 is 1.05 bits per heavy atom. The molecule has 0 radical (unpaired) electrons. The molecule has 0 aliphatic carbocycles. The molecule has 1 N–H and O–H groups in total. The molecule has 0 aromatic rings. The van der Waals surface area contributed by atoms with Crippen LogP contribution in [0.3, 0.4) is 0 Å². The molecule has 1 unspecified atom stereocenters. The van der Waals surface area contributed by atoms with Crippen molar-refractivity contribution < 1.29 is 50.8 Å². The van der Waals surface area contributed by atoms with Crippen LogP contribution in [0, 0.1) is 0 Å². The molecular formula is C27H54O11Si4. The van der Waals surface area contributed by atoms with Crippen LogP contribution in [-0.4, -0.2) is 90.0 Å². The highest BCUT2D eigenvalue weighted by molar-refractivity contribution is 6.89. The Kier molecular flexibility index (Phi) is 18.2. The third kappa shape index (κ3) is 20.3. The Morgan fingerprint density at radius 1 is 0.595 bits per heavy atom. The van der Waals surface area contributed by atoms with Crippen LogP contribution in [0.4, 0.5) is 4.79 Å². The SMILES string of the molecule is C=C(C)C(=O)OCCC[Si](C)(C)O[Si](C)(C)O[Si](C)(CCCOCCOC(=O)O)O[Si](C)(C)CCCOC(=O)C(=C)C. The molecule has 0 aromatic carbocycles. The summed E-state index contributed by atoms with van der Waals surface area (Å²) < 4.78 is 41.0. The highest BCUT2D eigenvalue weighted by Crippen LogP contribution is 2.30. The van der Waals surface area contributed by atoms with Gasteiger partial charge in [0, 0.05) is 17.8 Å². The molecule has 0 bridgehead atoms. The summed E-state index contributed by atoms with van der Waals surface area (Å²) in [5.41, 5.74) is 0.756. The maximum atomic E-state index is 11.7. The van der Waals surface area contributed by atoms with Gasteiger partial charge < -0.3 is 36.4 Å². The van der Waals surface area contributed by atoms with Gasteiger partial charge in [0.2, 0.25) is 0 Å². The van der Waals surface area contributed by atoms with E-state index in [1.807, 2.05) is 13.1 Å². The number of ether oxygens (including phenoxy) is 4. The molecule has 0 amide bonds. The van der Waals surface area contributed by atoms with Gasteiger partial charge in [0.05, 0.1) is 19.8 Å². The maximum Gasteiger partial charge on any atom is 0.505 e. The van der Waals surface area contributed by atoms with E-state index in [2.05, 4.69) is 50.6 Å². The Bertz CT molecular complexity index is 909. The molecule has 0 aromatic heterocycles. The van der Waals surface area contributed by atoms with E-state index in [-0.39, 0.29) is 19.2 Å². The Hall–Kier alpha value is -1.60. The molecule has 0 aliphatic heterocycles. The summed E-state index contributed by atoms with van der Waals surface area (Å²) >= 11 is 0. The highest BCUT2D eigenvalue weighted by atomic mass is 28.5. The van der Waals surface area contributed by atoms with Crippen molar-refractivity contribution in [1.29, 1.82) is 0 Å². The van der Waals surface area contributed by atoms with Crippen molar-refractivity contribution in [3.63, 3.8) is 0 Å². The van der Waals surface area contributed by atoms with Crippen molar-refractivity contribution in [2.75, 3.05) is 33.0 Å². The van der Waals surface area contributed by atoms with Gasteiger partial charge in [-0.25, -0.2) is 14.4 Å². The lowest BCUT2D eigenvalue weighted by molar-refractivity contribution is -0.139. The first kappa shape index (κ1) is 40.4. The smallest absolute Gasteiger partial charge is 0.462 e. The molecule has 0 fully saturated rings. The number of carboxylic acid groups (broad SMARTS) is 1. The predicted molar refractivity (Wildman–Crippen MR) is 172 cm³/mol. The maximum absolute atomic E-state index is 11.7. The first-order valence-corrected chi connectivity index (χ1v) is 26.0. The molecule has 0 saturated heterocycles. The van der Waals surface area contributed by atoms with Gasteiger partial charge in [-0.2, -0.15) is 0 Å². The zero-order valence-electron chi connectivity index (χ0n) is 27.2. The predicted octanol–water partition coefficient (Wildman–Crippen LogP) is 6.34. The zero-order valence-corrected chi connectivity index (χ0v) is 31.2. The standard InChI is InChI=1S/C27H54O11Si4/c1-23(2)25(28)33-16-13-20-39(5,6)36-41(9,10)38-42(11,22-12-15-32-18-19-35-27(30)31)37-40(7,8)21-14-17-34-26(29)24(3)4/h1,3,12-22H2,2,4-11H3,(H,30,31). The van der Waals surface area contributed by atoms with E-state index in [4.69, 9.17) is 31.7 Å². The Morgan fingerprint density at radius 3 is 1.50 bits per heavy atom. The second-order valence-electron chi connectivity index (χ2n) is 12.2. The molecule has 15 heteroatoms. The second-order valence-corrected chi connectivity index (χ2v) is 28.3. The minimum absolute atomic E-state index is 0.0210. The first-order chi connectivity index (χ1) is 19.2. The molecule has 0 heterocycles. The molecule has 0 saturated carbocycles. The minimum atomic E-state index is -2.76. The third-order valence-electron chi connectivity index (χ3n) is 5.86. The number of carbonyl (C=O) groups excluding carboxylic acids is 2. The Labute approximate surface area is 256 Å². The number of hydrogen-bond acceptors (Lipinski definition) is 10. The van der Waals surface area contributed by atoms with E-state index >= 15 is 0 Å². The third-order valence-corrected chi connectivity index (χ3v) is 22.0. The van der Waals surface area contributed by atoms with Crippen molar-refractivity contribution in [3.8, 4) is 0 Å². The fourth-order valence-electron chi connectivity index (χ4n) is 4.37. The van der Waals surface area contributed by atoms with E-state index < -0.39 is 45.9 Å². The summed E-state index contributed by atoms with van der Waals surface area (Å²) in [7, 11) is -9.76. The van der Waals surface area contributed by atoms with Gasteiger partial charge >= 0.3 is 35.2 Å². The van der Waals surface area contributed by atoms with Gasteiger partial charge in [0.1, 0.15) is 6.61 Å². The quantitative estimate of drug-likeness (QED) is 0.0430. The molecule has 244 valence electrons. The van der Waals surface area contributed by atoms with Crippen molar-refractivity contribution in [3.05, 3.63) is 24.3 Å². The first-order valence-electron chi connectivity index (χ1n) is 14.4.